The van der Waals surface area contributed by atoms with Crippen LogP contribution in [0.5, 0.6) is 0 Å². The summed E-state index contributed by atoms with van der Waals surface area (Å²) in [7, 11) is -0.390. The normalized spacial score (nSPS) is 19.5. The van der Waals surface area contributed by atoms with Crippen LogP contribution in [0.25, 0.3) is 0 Å². The number of rotatable bonds is 5. The molecular formula is C17H25BN4O. The highest BCUT2D eigenvalue weighted by Crippen LogP contribution is 2.26. The van der Waals surface area contributed by atoms with Crippen molar-refractivity contribution in [1.29, 1.82) is 5.26 Å². The average Bonchev–Trinajstić information content (AvgIpc) is 2.54. The van der Waals surface area contributed by atoms with Crippen molar-refractivity contribution < 1.29 is 5.02 Å². The van der Waals surface area contributed by atoms with Gasteiger partial charge in [-0.05, 0) is 44.3 Å². The Hall–Kier alpha value is -1.55. The minimum absolute atomic E-state index is 0.390. The van der Waals surface area contributed by atoms with Crippen molar-refractivity contribution in [2.24, 2.45) is 5.92 Å². The Bertz CT molecular complexity index is 562. The standard InChI is InChI=1S/C17H25BN4O/c1-18(23)22(13-14-11-20-12-14)16-6-8-21(9-7-16)17-5-3-2-4-15(17)10-19/h2-5,14,16,20,23H,6-9,11-13H2,1H3. The molecule has 23 heavy (non-hydrogen) atoms. The third kappa shape index (κ3) is 3.69. The van der Waals surface area contributed by atoms with Gasteiger partial charge >= 0.3 is 7.05 Å². The molecule has 1 aromatic rings. The highest BCUT2D eigenvalue weighted by molar-refractivity contribution is 6.45. The summed E-state index contributed by atoms with van der Waals surface area (Å²) in [4.78, 5) is 4.57. The SMILES string of the molecule is CB(O)N(CC1CNC1)C1CCN(c2ccccc2C#N)CC1. The van der Waals surface area contributed by atoms with Gasteiger partial charge in [0.1, 0.15) is 6.07 Å². The maximum absolute atomic E-state index is 10.1. The van der Waals surface area contributed by atoms with Gasteiger partial charge in [0, 0.05) is 32.2 Å². The Morgan fingerprint density at radius 1 is 1.35 bits per heavy atom. The zero-order chi connectivity index (χ0) is 16.2. The van der Waals surface area contributed by atoms with E-state index in [0.29, 0.717) is 12.0 Å². The van der Waals surface area contributed by atoms with Crippen LogP contribution in [0.15, 0.2) is 24.3 Å². The maximum Gasteiger partial charge on any atom is 0.376 e. The molecule has 122 valence electrons. The topological polar surface area (TPSA) is 62.5 Å². The predicted molar refractivity (Wildman–Crippen MR) is 93.3 cm³/mol. The van der Waals surface area contributed by atoms with Crippen LogP contribution >= 0.6 is 0 Å². The van der Waals surface area contributed by atoms with Gasteiger partial charge in [0.25, 0.3) is 0 Å². The van der Waals surface area contributed by atoms with Crippen LogP contribution in [0.1, 0.15) is 18.4 Å². The van der Waals surface area contributed by atoms with Crippen molar-refractivity contribution in [2.75, 3.05) is 37.6 Å². The second-order valence-corrected chi connectivity index (χ2v) is 6.70. The summed E-state index contributed by atoms with van der Waals surface area (Å²) < 4.78 is 0. The summed E-state index contributed by atoms with van der Waals surface area (Å²) in [6.07, 6.45) is 2.07. The number of nitrogens with one attached hydrogen (secondary N) is 1. The molecule has 0 aliphatic carbocycles. The van der Waals surface area contributed by atoms with Gasteiger partial charge in [-0.1, -0.05) is 12.1 Å². The van der Waals surface area contributed by atoms with Crippen LogP contribution in [0.3, 0.4) is 0 Å². The summed E-state index contributed by atoms with van der Waals surface area (Å²) in [6, 6.07) is 10.5. The van der Waals surface area contributed by atoms with E-state index in [4.69, 9.17) is 0 Å². The molecule has 2 N–H and O–H groups in total. The number of nitrogens with zero attached hydrogens (tertiary/aromatic N) is 3. The summed E-state index contributed by atoms with van der Waals surface area (Å²) in [5.41, 5.74) is 1.79. The van der Waals surface area contributed by atoms with Crippen LogP contribution in [-0.2, 0) is 0 Å². The van der Waals surface area contributed by atoms with Crippen LogP contribution in [-0.4, -0.2) is 55.7 Å². The van der Waals surface area contributed by atoms with Crippen molar-refractivity contribution in [1.82, 2.24) is 10.1 Å². The Morgan fingerprint density at radius 2 is 2.04 bits per heavy atom. The van der Waals surface area contributed by atoms with E-state index in [2.05, 4.69) is 21.1 Å². The zero-order valence-electron chi connectivity index (χ0n) is 13.8. The summed E-state index contributed by atoms with van der Waals surface area (Å²) in [5, 5.41) is 22.7. The average molecular weight is 312 g/mol. The van der Waals surface area contributed by atoms with E-state index in [1.165, 1.54) is 0 Å². The molecule has 2 saturated heterocycles. The first-order chi connectivity index (χ1) is 11.2. The lowest BCUT2D eigenvalue weighted by molar-refractivity contribution is 0.188. The number of hydrogen-bond acceptors (Lipinski definition) is 5. The van der Waals surface area contributed by atoms with Crippen LogP contribution in [0, 0.1) is 17.2 Å². The third-order valence-corrected chi connectivity index (χ3v) is 5.11. The number of anilines is 1. The Kier molecular flexibility index (Phi) is 5.21. The monoisotopic (exact) mass is 312 g/mol. The minimum Gasteiger partial charge on any atom is -0.437 e. The largest absolute Gasteiger partial charge is 0.437 e. The molecule has 2 aliphatic rings. The molecule has 5 nitrogen and oxygen atoms in total. The fourth-order valence-electron chi connectivity index (χ4n) is 3.66. The number of piperidine rings is 1. The van der Waals surface area contributed by atoms with Gasteiger partial charge in [0.05, 0.1) is 11.3 Å². The second kappa shape index (κ2) is 7.35. The highest BCUT2D eigenvalue weighted by atomic mass is 16.2. The molecule has 1 aromatic carbocycles. The molecule has 0 radical (unpaired) electrons. The molecule has 0 aromatic heterocycles. The predicted octanol–water partition coefficient (Wildman–Crippen LogP) is 1.16. The minimum atomic E-state index is -0.390. The molecule has 3 rings (SSSR count). The number of para-hydroxylation sites is 1. The molecule has 0 unspecified atom stereocenters. The van der Waals surface area contributed by atoms with Crippen molar-refractivity contribution in [3.63, 3.8) is 0 Å². The lowest BCUT2D eigenvalue weighted by Crippen LogP contribution is -2.56. The molecule has 6 heteroatoms. The first-order valence-electron chi connectivity index (χ1n) is 8.57. The quantitative estimate of drug-likeness (QED) is 0.799. The van der Waals surface area contributed by atoms with E-state index < -0.39 is 7.05 Å². The summed E-state index contributed by atoms with van der Waals surface area (Å²) in [6.45, 7) is 6.87. The molecule has 0 bridgehead atoms. The van der Waals surface area contributed by atoms with Gasteiger partial charge in [-0.15, -0.1) is 0 Å². The highest BCUT2D eigenvalue weighted by Gasteiger charge is 2.32. The van der Waals surface area contributed by atoms with Crippen LogP contribution < -0.4 is 10.2 Å². The maximum atomic E-state index is 10.1. The molecule has 2 heterocycles. The van der Waals surface area contributed by atoms with E-state index in [1.54, 1.807) is 0 Å². The van der Waals surface area contributed by atoms with E-state index in [0.717, 1.165) is 56.8 Å². The molecule has 0 amide bonds. The Morgan fingerprint density at radius 3 is 2.61 bits per heavy atom. The Labute approximate surface area is 139 Å². The van der Waals surface area contributed by atoms with Crippen LogP contribution in [0.4, 0.5) is 5.69 Å². The van der Waals surface area contributed by atoms with Gasteiger partial charge in [-0.25, -0.2) is 0 Å². The smallest absolute Gasteiger partial charge is 0.376 e. The van der Waals surface area contributed by atoms with E-state index in [9.17, 15) is 10.3 Å². The molecule has 2 fully saturated rings. The first kappa shape index (κ1) is 16.3. The fraction of sp³-hybridized carbons (Fsp3) is 0.588. The van der Waals surface area contributed by atoms with Crippen molar-refractivity contribution in [3.8, 4) is 6.07 Å². The van der Waals surface area contributed by atoms with Crippen molar-refractivity contribution in [2.45, 2.75) is 25.7 Å². The first-order valence-corrected chi connectivity index (χ1v) is 8.57. The van der Waals surface area contributed by atoms with E-state index in [1.807, 2.05) is 31.1 Å². The lowest BCUT2D eigenvalue weighted by atomic mass is 9.79. The van der Waals surface area contributed by atoms with Crippen LogP contribution in [0.2, 0.25) is 6.82 Å². The summed E-state index contributed by atoms with van der Waals surface area (Å²) in [5.74, 6) is 0.668. The fourth-order valence-corrected chi connectivity index (χ4v) is 3.66. The van der Waals surface area contributed by atoms with Gasteiger partial charge in [-0.2, -0.15) is 5.26 Å². The van der Waals surface area contributed by atoms with Gasteiger partial charge in [0.2, 0.25) is 0 Å². The van der Waals surface area contributed by atoms with E-state index in [-0.39, 0.29) is 0 Å². The van der Waals surface area contributed by atoms with Gasteiger partial charge < -0.3 is 20.1 Å². The van der Waals surface area contributed by atoms with Gasteiger partial charge in [-0.3, -0.25) is 0 Å². The number of benzene rings is 1. The molecule has 0 spiro atoms. The molecule has 0 atom stereocenters. The molecule has 2 aliphatic heterocycles. The second-order valence-electron chi connectivity index (χ2n) is 6.70. The van der Waals surface area contributed by atoms with Crippen molar-refractivity contribution in [3.05, 3.63) is 29.8 Å². The third-order valence-electron chi connectivity index (χ3n) is 5.11. The zero-order valence-corrected chi connectivity index (χ0v) is 13.8. The van der Waals surface area contributed by atoms with Crippen molar-refractivity contribution >= 4 is 12.7 Å². The van der Waals surface area contributed by atoms with E-state index >= 15 is 0 Å². The molecular weight excluding hydrogens is 287 g/mol. The number of nitriles is 1. The number of hydrogen-bond donors (Lipinski definition) is 2. The lowest BCUT2D eigenvalue weighted by Gasteiger charge is -2.43. The Balaban J connectivity index is 1.61. The van der Waals surface area contributed by atoms with Gasteiger partial charge in [0.15, 0.2) is 0 Å². The molecule has 0 saturated carbocycles. The summed E-state index contributed by atoms with van der Waals surface area (Å²) >= 11 is 0.